The number of ether oxygens (including phenoxy) is 6. The number of amides is 1. The number of hydrogen-bond donors (Lipinski definition) is 1. The van der Waals surface area contributed by atoms with Gasteiger partial charge in [-0.25, -0.2) is 4.79 Å². The Morgan fingerprint density at radius 2 is 1.69 bits per heavy atom. The van der Waals surface area contributed by atoms with Crippen LogP contribution in [0.1, 0.15) is 74.6 Å². The number of nitrogens with zero attached hydrogens (tertiary/aromatic N) is 1. The van der Waals surface area contributed by atoms with E-state index in [1.807, 2.05) is 82.3 Å². The van der Waals surface area contributed by atoms with Gasteiger partial charge in [-0.15, -0.1) is 0 Å². The molecule has 1 heterocycles. The van der Waals surface area contributed by atoms with Gasteiger partial charge in [0.05, 0.1) is 52.7 Å². The largest absolute Gasteiger partial charge is 0.496 e. The van der Waals surface area contributed by atoms with Crippen molar-refractivity contribution >= 4 is 17.6 Å². The fourth-order valence-corrected chi connectivity index (χ4v) is 6.00. The lowest BCUT2D eigenvalue weighted by Crippen LogP contribution is -2.48. The van der Waals surface area contributed by atoms with E-state index in [-0.39, 0.29) is 30.4 Å². The number of likely N-dealkylation sites (tertiary alicyclic amines) is 1. The van der Waals surface area contributed by atoms with Gasteiger partial charge in [-0.1, -0.05) is 42.5 Å². The maximum Gasteiger partial charge on any atom is 0.410 e. The van der Waals surface area contributed by atoms with Crippen LogP contribution < -0.4 is 14.8 Å². The number of para-hydroxylation sites is 1. The molecular formula is C41H56N2O8. The van der Waals surface area contributed by atoms with E-state index in [1.165, 1.54) is 0 Å². The van der Waals surface area contributed by atoms with Crippen molar-refractivity contribution in [1.29, 1.82) is 0 Å². The number of hydrogen-bond acceptors (Lipinski definition) is 9. The molecule has 10 nitrogen and oxygen atoms in total. The van der Waals surface area contributed by atoms with E-state index in [1.54, 1.807) is 19.1 Å². The highest BCUT2D eigenvalue weighted by atomic mass is 16.6. The summed E-state index contributed by atoms with van der Waals surface area (Å²) < 4.78 is 34.7. The summed E-state index contributed by atoms with van der Waals surface area (Å²) in [6, 6.07) is 22.1. The molecule has 0 aromatic heterocycles. The van der Waals surface area contributed by atoms with E-state index in [4.69, 9.17) is 28.4 Å². The summed E-state index contributed by atoms with van der Waals surface area (Å²) in [5.74, 6) is 1.81. The van der Waals surface area contributed by atoms with Gasteiger partial charge in [-0.2, -0.15) is 0 Å². The van der Waals surface area contributed by atoms with Crippen LogP contribution in [-0.2, 0) is 37.0 Å². The number of benzene rings is 3. The molecular weight excluding hydrogens is 648 g/mol. The number of carbonyl (C=O) groups excluding carboxylic acids is 2. The van der Waals surface area contributed by atoms with Gasteiger partial charge in [0, 0.05) is 55.8 Å². The minimum atomic E-state index is -0.592. The average Bonchev–Trinajstić information content (AvgIpc) is 3.11. The molecule has 2 atom stereocenters. The quantitative estimate of drug-likeness (QED) is 0.126. The third kappa shape index (κ3) is 13.2. The smallest absolute Gasteiger partial charge is 0.410 e. The zero-order valence-electron chi connectivity index (χ0n) is 31.2. The first-order valence-electron chi connectivity index (χ1n) is 17.9. The Morgan fingerprint density at radius 3 is 2.43 bits per heavy atom. The third-order valence-electron chi connectivity index (χ3n) is 8.67. The van der Waals surface area contributed by atoms with Crippen LogP contribution in [0.5, 0.6) is 11.5 Å². The number of carbonyl (C=O) groups is 2. The van der Waals surface area contributed by atoms with Gasteiger partial charge < -0.3 is 38.6 Å². The zero-order valence-corrected chi connectivity index (χ0v) is 31.2. The predicted molar refractivity (Wildman–Crippen MR) is 199 cm³/mol. The van der Waals surface area contributed by atoms with Crippen LogP contribution in [-0.4, -0.2) is 82.2 Å². The molecule has 1 aliphatic rings. The van der Waals surface area contributed by atoms with Crippen LogP contribution in [0.15, 0.2) is 66.7 Å². The number of aryl methyl sites for hydroxylation is 1. The van der Waals surface area contributed by atoms with Crippen LogP contribution >= 0.6 is 0 Å². The number of methoxy groups -OCH3 is 2. The number of piperidine rings is 1. The van der Waals surface area contributed by atoms with Crippen molar-refractivity contribution in [3.63, 3.8) is 0 Å². The minimum absolute atomic E-state index is 0.0605. The van der Waals surface area contributed by atoms with Crippen molar-refractivity contribution < 1.29 is 38.0 Å². The highest BCUT2D eigenvalue weighted by Crippen LogP contribution is 2.33. The highest BCUT2D eigenvalue weighted by Gasteiger charge is 2.35. The lowest BCUT2D eigenvalue weighted by molar-refractivity contribution is -0.117. The van der Waals surface area contributed by atoms with E-state index < -0.39 is 5.60 Å². The number of nitrogens with one attached hydrogen (secondary N) is 1. The molecule has 0 spiro atoms. The van der Waals surface area contributed by atoms with Gasteiger partial charge in [0.2, 0.25) is 0 Å². The van der Waals surface area contributed by atoms with Crippen LogP contribution in [0.2, 0.25) is 0 Å². The van der Waals surface area contributed by atoms with Crippen molar-refractivity contribution in [3.05, 3.63) is 89.0 Å². The molecule has 2 unspecified atom stereocenters. The fraction of sp³-hybridized carbons (Fsp3) is 0.512. The molecule has 51 heavy (non-hydrogen) atoms. The summed E-state index contributed by atoms with van der Waals surface area (Å²) in [7, 11) is 3.30. The van der Waals surface area contributed by atoms with Gasteiger partial charge in [0.15, 0.2) is 5.78 Å². The molecule has 0 bridgehead atoms. The van der Waals surface area contributed by atoms with E-state index in [0.29, 0.717) is 59.0 Å². The molecule has 1 fully saturated rings. The topological polar surface area (TPSA) is 105 Å². The maximum atomic E-state index is 13.1. The van der Waals surface area contributed by atoms with E-state index in [0.717, 1.165) is 52.3 Å². The Morgan fingerprint density at radius 1 is 0.902 bits per heavy atom. The van der Waals surface area contributed by atoms with Crippen LogP contribution in [0.4, 0.5) is 10.5 Å². The second-order valence-electron chi connectivity index (χ2n) is 14.0. The normalized spacial score (nSPS) is 16.1. The van der Waals surface area contributed by atoms with Crippen molar-refractivity contribution in [2.75, 3.05) is 59.0 Å². The monoisotopic (exact) mass is 704 g/mol. The molecule has 1 N–H and O–H groups in total. The van der Waals surface area contributed by atoms with Crippen LogP contribution in [0.3, 0.4) is 0 Å². The van der Waals surface area contributed by atoms with E-state index in [9.17, 15) is 9.59 Å². The van der Waals surface area contributed by atoms with Gasteiger partial charge >= 0.3 is 6.09 Å². The van der Waals surface area contributed by atoms with Crippen LogP contribution in [0, 0.1) is 6.92 Å². The van der Waals surface area contributed by atoms with E-state index >= 15 is 0 Å². The SMILES string of the molecule is COCCCC(=O)CNc1cc(C)ccc1COC1CN(C(=O)OC(C)(C)C)CCC1c1ccc(OCCCOCc2ccccc2OC)cc1. The lowest BCUT2D eigenvalue weighted by atomic mass is 9.87. The fourth-order valence-electron chi connectivity index (χ4n) is 6.00. The maximum absolute atomic E-state index is 13.1. The molecule has 3 aromatic rings. The first-order valence-corrected chi connectivity index (χ1v) is 17.9. The summed E-state index contributed by atoms with van der Waals surface area (Å²) in [6.07, 6.45) is 2.03. The number of rotatable bonds is 19. The summed E-state index contributed by atoms with van der Waals surface area (Å²) >= 11 is 0. The molecule has 0 aliphatic carbocycles. The molecule has 0 saturated carbocycles. The first kappa shape index (κ1) is 39.7. The van der Waals surface area contributed by atoms with E-state index in [2.05, 4.69) is 17.4 Å². The second kappa shape index (κ2) is 20.1. The molecule has 10 heteroatoms. The van der Waals surface area contributed by atoms with Crippen molar-refractivity contribution in [2.45, 2.75) is 84.2 Å². The Bertz CT molecular complexity index is 1520. The molecule has 1 amide bonds. The van der Waals surface area contributed by atoms with Gasteiger partial charge in [0.25, 0.3) is 0 Å². The number of ketones is 1. The Balaban J connectivity index is 1.36. The van der Waals surface area contributed by atoms with Crippen molar-refractivity contribution in [1.82, 2.24) is 4.90 Å². The van der Waals surface area contributed by atoms with Crippen LogP contribution in [0.25, 0.3) is 0 Å². The summed E-state index contributed by atoms with van der Waals surface area (Å²) in [5, 5.41) is 3.33. The molecule has 1 aliphatic heterocycles. The predicted octanol–water partition coefficient (Wildman–Crippen LogP) is 7.71. The molecule has 1 saturated heterocycles. The molecule has 4 rings (SSSR count). The standard InChI is InChI=1S/C41H56N2O8/c1-30-14-15-32(37(25-30)42-26-34(44)12-9-22-46-5)29-50-39-27-43(40(45)51-41(2,3)4)21-20-36(39)31-16-18-35(19-17-31)49-24-10-23-48-28-33-11-7-8-13-38(33)47-6/h7-8,11,13-19,25,36,39,42H,9-10,12,20-24,26-29H2,1-6H3. The van der Waals surface area contributed by atoms with Crippen molar-refractivity contribution in [3.8, 4) is 11.5 Å². The highest BCUT2D eigenvalue weighted by molar-refractivity contribution is 5.83. The summed E-state index contributed by atoms with van der Waals surface area (Å²) in [5.41, 5.74) is 4.47. The second-order valence-corrected chi connectivity index (χ2v) is 14.0. The van der Waals surface area contributed by atoms with Crippen molar-refractivity contribution in [2.24, 2.45) is 0 Å². The minimum Gasteiger partial charge on any atom is -0.496 e. The molecule has 278 valence electrons. The summed E-state index contributed by atoms with van der Waals surface area (Å²) in [6.45, 7) is 11.3. The van der Waals surface area contributed by atoms with Gasteiger partial charge in [-0.05, 0) is 75.9 Å². The Labute approximate surface area is 303 Å². The third-order valence-corrected chi connectivity index (χ3v) is 8.67. The zero-order chi connectivity index (χ0) is 36.6. The number of Topliss-reactive ketones (excluding diaryl/α,β-unsaturated/α-hetero) is 1. The lowest BCUT2D eigenvalue weighted by Gasteiger charge is -2.39. The number of anilines is 1. The van der Waals surface area contributed by atoms with Gasteiger partial charge in [0.1, 0.15) is 17.1 Å². The molecule has 0 radical (unpaired) electrons. The summed E-state index contributed by atoms with van der Waals surface area (Å²) in [4.78, 5) is 27.3. The Kier molecular flexibility index (Phi) is 15.6. The van der Waals surface area contributed by atoms with Gasteiger partial charge in [-0.3, -0.25) is 4.79 Å². The Hall–Kier alpha value is -4.12. The molecule has 3 aromatic carbocycles. The average molecular weight is 705 g/mol. The first-order chi connectivity index (χ1) is 24.6.